The molecule has 0 fully saturated rings. The Hall–Kier alpha value is -0.380. The lowest BCUT2D eigenvalue weighted by Crippen LogP contribution is -2.29. The van der Waals surface area contributed by atoms with Gasteiger partial charge in [0.05, 0.1) is 0 Å². The molecular formula is C10H18N2S. The van der Waals surface area contributed by atoms with Crippen molar-refractivity contribution in [1.82, 2.24) is 5.32 Å². The van der Waals surface area contributed by atoms with Crippen molar-refractivity contribution in [2.45, 2.75) is 25.8 Å². The number of nitrogens with two attached hydrogens (primary N) is 1. The van der Waals surface area contributed by atoms with Crippen LogP contribution in [0.25, 0.3) is 0 Å². The number of thiophene rings is 1. The van der Waals surface area contributed by atoms with Gasteiger partial charge in [-0.15, -0.1) is 11.3 Å². The van der Waals surface area contributed by atoms with E-state index in [2.05, 4.69) is 29.8 Å². The summed E-state index contributed by atoms with van der Waals surface area (Å²) in [5.41, 5.74) is 5.41. The lowest BCUT2D eigenvalue weighted by molar-refractivity contribution is 0.539. The summed E-state index contributed by atoms with van der Waals surface area (Å²) in [6.07, 6.45) is 2.19. The molecule has 0 saturated carbocycles. The van der Waals surface area contributed by atoms with Crippen LogP contribution in [0.1, 0.15) is 18.2 Å². The molecule has 1 aromatic heterocycles. The summed E-state index contributed by atoms with van der Waals surface area (Å²) >= 11 is 1.83. The van der Waals surface area contributed by atoms with E-state index >= 15 is 0 Å². The topological polar surface area (TPSA) is 38.0 Å². The van der Waals surface area contributed by atoms with E-state index in [4.69, 9.17) is 5.73 Å². The Kier molecular flexibility index (Phi) is 5.05. The molecule has 0 aromatic carbocycles. The number of hydrogen-bond donors (Lipinski definition) is 2. The van der Waals surface area contributed by atoms with E-state index in [-0.39, 0.29) is 0 Å². The predicted octanol–water partition coefficient (Wildman–Crippen LogP) is 1.62. The van der Waals surface area contributed by atoms with E-state index in [9.17, 15) is 0 Å². The molecule has 0 amide bonds. The zero-order chi connectivity index (χ0) is 9.52. The monoisotopic (exact) mass is 198 g/mol. The van der Waals surface area contributed by atoms with Crippen LogP contribution >= 0.6 is 11.3 Å². The van der Waals surface area contributed by atoms with Crippen LogP contribution in [0.15, 0.2) is 17.5 Å². The van der Waals surface area contributed by atoms with Crippen molar-refractivity contribution >= 4 is 11.3 Å². The molecule has 0 saturated heterocycles. The highest BCUT2D eigenvalue weighted by atomic mass is 32.1. The summed E-state index contributed by atoms with van der Waals surface area (Å²) in [7, 11) is 0. The zero-order valence-electron chi connectivity index (χ0n) is 8.12. The average molecular weight is 198 g/mol. The molecule has 0 radical (unpaired) electrons. The lowest BCUT2D eigenvalue weighted by Gasteiger charge is -2.11. The van der Waals surface area contributed by atoms with Crippen LogP contribution < -0.4 is 11.1 Å². The van der Waals surface area contributed by atoms with Crippen LogP contribution in [0.2, 0.25) is 0 Å². The molecular weight excluding hydrogens is 180 g/mol. The van der Waals surface area contributed by atoms with Gasteiger partial charge in [-0.25, -0.2) is 0 Å². The summed E-state index contributed by atoms with van der Waals surface area (Å²) in [4.78, 5) is 1.45. The van der Waals surface area contributed by atoms with Gasteiger partial charge in [0.15, 0.2) is 0 Å². The van der Waals surface area contributed by atoms with E-state index < -0.39 is 0 Å². The van der Waals surface area contributed by atoms with Gasteiger partial charge in [-0.1, -0.05) is 6.07 Å². The van der Waals surface area contributed by atoms with Crippen LogP contribution in [0.5, 0.6) is 0 Å². The molecule has 13 heavy (non-hydrogen) atoms. The largest absolute Gasteiger partial charge is 0.330 e. The molecule has 0 aliphatic heterocycles. The van der Waals surface area contributed by atoms with Crippen molar-refractivity contribution < 1.29 is 0 Å². The highest BCUT2D eigenvalue weighted by Gasteiger charge is 2.02. The Morgan fingerprint density at radius 2 is 2.46 bits per heavy atom. The molecule has 3 heteroatoms. The predicted molar refractivity (Wildman–Crippen MR) is 59.2 cm³/mol. The van der Waals surface area contributed by atoms with Gasteiger partial charge >= 0.3 is 0 Å². The van der Waals surface area contributed by atoms with Gasteiger partial charge < -0.3 is 11.1 Å². The molecule has 0 aliphatic carbocycles. The van der Waals surface area contributed by atoms with Gasteiger partial charge in [0, 0.05) is 10.9 Å². The van der Waals surface area contributed by atoms with Gasteiger partial charge in [0.1, 0.15) is 0 Å². The third-order valence-corrected chi connectivity index (χ3v) is 2.86. The Labute approximate surface area is 84.2 Å². The van der Waals surface area contributed by atoms with E-state index in [0.29, 0.717) is 6.04 Å². The third kappa shape index (κ3) is 4.41. The SMILES string of the molecule is CC(Cc1cccs1)NCCCN. The van der Waals surface area contributed by atoms with E-state index in [1.54, 1.807) is 0 Å². The van der Waals surface area contributed by atoms with Crippen LogP contribution in [0.4, 0.5) is 0 Å². The van der Waals surface area contributed by atoms with Gasteiger partial charge in [-0.05, 0) is 44.3 Å². The first-order valence-corrected chi connectivity index (χ1v) is 5.66. The molecule has 1 heterocycles. The first-order valence-electron chi connectivity index (χ1n) is 4.78. The molecule has 0 bridgehead atoms. The molecule has 1 atom stereocenters. The van der Waals surface area contributed by atoms with Crippen LogP contribution in [-0.4, -0.2) is 19.1 Å². The average Bonchev–Trinajstić information content (AvgIpc) is 2.57. The van der Waals surface area contributed by atoms with Gasteiger partial charge in [0.2, 0.25) is 0 Å². The summed E-state index contributed by atoms with van der Waals surface area (Å²) < 4.78 is 0. The van der Waals surface area contributed by atoms with Gasteiger partial charge in [-0.3, -0.25) is 0 Å². The van der Waals surface area contributed by atoms with Crippen molar-refractivity contribution in [3.8, 4) is 0 Å². The maximum atomic E-state index is 5.41. The molecule has 3 N–H and O–H groups in total. The van der Waals surface area contributed by atoms with Crippen molar-refractivity contribution in [3.63, 3.8) is 0 Å². The summed E-state index contributed by atoms with van der Waals surface area (Å²) in [5.74, 6) is 0. The minimum absolute atomic E-state index is 0.560. The maximum absolute atomic E-state index is 5.41. The summed E-state index contributed by atoms with van der Waals surface area (Å²) in [6.45, 7) is 4.03. The van der Waals surface area contributed by atoms with E-state index in [0.717, 1.165) is 25.9 Å². The van der Waals surface area contributed by atoms with Crippen molar-refractivity contribution in [2.24, 2.45) is 5.73 Å². The maximum Gasteiger partial charge on any atom is 0.00870 e. The third-order valence-electron chi connectivity index (χ3n) is 1.96. The number of nitrogens with one attached hydrogen (secondary N) is 1. The second kappa shape index (κ2) is 6.13. The minimum atomic E-state index is 0.560. The second-order valence-corrected chi connectivity index (χ2v) is 4.31. The van der Waals surface area contributed by atoms with Crippen LogP contribution in [-0.2, 0) is 6.42 Å². The van der Waals surface area contributed by atoms with Gasteiger partial charge in [-0.2, -0.15) is 0 Å². The molecule has 0 spiro atoms. The van der Waals surface area contributed by atoms with Crippen molar-refractivity contribution in [3.05, 3.63) is 22.4 Å². The molecule has 74 valence electrons. The molecule has 0 aliphatic rings. The smallest absolute Gasteiger partial charge is 0.00870 e. The van der Waals surface area contributed by atoms with Gasteiger partial charge in [0.25, 0.3) is 0 Å². The fourth-order valence-corrected chi connectivity index (χ4v) is 2.09. The number of rotatable bonds is 6. The molecule has 1 unspecified atom stereocenters. The second-order valence-electron chi connectivity index (χ2n) is 3.28. The standard InChI is InChI=1S/C10H18N2S/c1-9(12-6-3-5-11)8-10-4-2-7-13-10/h2,4,7,9,12H,3,5-6,8,11H2,1H3. The lowest BCUT2D eigenvalue weighted by atomic mass is 10.2. The molecule has 2 nitrogen and oxygen atoms in total. The Morgan fingerprint density at radius 1 is 1.62 bits per heavy atom. The van der Waals surface area contributed by atoms with Crippen LogP contribution in [0, 0.1) is 0 Å². The Bertz CT molecular complexity index is 209. The minimum Gasteiger partial charge on any atom is -0.330 e. The van der Waals surface area contributed by atoms with E-state index in [1.807, 2.05) is 11.3 Å². The summed E-state index contributed by atoms with van der Waals surface area (Å²) in [6, 6.07) is 4.85. The highest BCUT2D eigenvalue weighted by molar-refractivity contribution is 7.09. The van der Waals surface area contributed by atoms with Crippen molar-refractivity contribution in [2.75, 3.05) is 13.1 Å². The van der Waals surface area contributed by atoms with E-state index in [1.165, 1.54) is 4.88 Å². The first kappa shape index (κ1) is 10.7. The summed E-state index contributed by atoms with van der Waals surface area (Å²) in [5, 5.41) is 5.58. The molecule has 1 aromatic rings. The number of hydrogen-bond acceptors (Lipinski definition) is 3. The van der Waals surface area contributed by atoms with Crippen molar-refractivity contribution in [1.29, 1.82) is 0 Å². The molecule has 1 rings (SSSR count). The fourth-order valence-electron chi connectivity index (χ4n) is 1.25. The van der Waals surface area contributed by atoms with Crippen LogP contribution in [0.3, 0.4) is 0 Å². The zero-order valence-corrected chi connectivity index (χ0v) is 8.94. The highest BCUT2D eigenvalue weighted by Crippen LogP contribution is 2.10. The normalized spacial score (nSPS) is 13.1. The fraction of sp³-hybridized carbons (Fsp3) is 0.600. The Morgan fingerprint density at radius 3 is 3.08 bits per heavy atom. The first-order chi connectivity index (χ1) is 6.33. The Balaban J connectivity index is 2.14. The quantitative estimate of drug-likeness (QED) is 0.682.